The Morgan fingerprint density at radius 2 is 1.75 bits per heavy atom. The maximum atomic E-state index is 3.98. The highest BCUT2D eigenvalue weighted by Gasteiger charge is 2.45. The molecule has 5 aliphatic rings. The Kier molecular flexibility index (Phi) is 4.36. The molecule has 0 saturated carbocycles. The minimum atomic E-state index is 0.229. The highest BCUT2D eigenvalue weighted by atomic mass is 15.2. The summed E-state index contributed by atoms with van der Waals surface area (Å²) in [5.41, 5.74) is 13.9. The molecule has 2 heterocycles. The van der Waals surface area contributed by atoms with E-state index in [9.17, 15) is 0 Å². The topological polar surface area (TPSA) is 15.3 Å². The second-order valence-electron chi connectivity index (χ2n) is 10.4. The molecule has 0 spiro atoms. The molecule has 0 aromatic heterocycles. The van der Waals surface area contributed by atoms with Crippen LogP contribution in [0.4, 0.5) is 11.4 Å². The lowest BCUT2D eigenvalue weighted by molar-refractivity contribution is 0.759. The summed E-state index contributed by atoms with van der Waals surface area (Å²) < 4.78 is 0. The van der Waals surface area contributed by atoms with Gasteiger partial charge in [0.25, 0.3) is 0 Å². The van der Waals surface area contributed by atoms with Crippen molar-refractivity contribution in [2.24, 2.45) is 0 Å². The van der Waals surface area contributed by atoms with Crippen LogP contribution in [0.25, 0.3) is 5.70 Å². The smallest absolute Gasteiger partial charge is 0.245 e. The Balaban J connectivity index is 1.46. The first-order valence-electron chi connectivity index (χ1n) is 13.2. The minimum absolute atomic E-state index is 0.229. The summed E-state index contributed by atoms with van der Waals surface area (Å²) in [6, 6.07) is 25.3. The average Bonchev–Trinajstić information content (AvgIpc) is 3.31. The largest absolute Gasteiger partial charge is 0.378 e. The van der Waals surface area contributed by atoms with Crippen LogP contribution in [0, 0.1) is 0 Å². The van der Waals surface area contributed by atoms with Crippen LogP contribution in [-0.2, 0) is 6.42 Å². The van der Waals surface area contributed by atoms with Crippen LogP contribution in [0.2, 0.25) is 0 Å². The number of hydrogen-bond acceptors (Lipinski definition) is 2. The Labute approximate surface area is 213 Å². The van der Waals surface area contributed by atoms with E-state index >= 15 is 0 Å². The van der Waals surface area contributed by atoms with E-state index in [-0.39, 0.29) is 12.8 Å². The van der Waals surface area contributed by atoms with Gasteiger partial charge in [-0.1, -0.05) is 102 Å². The summed E-state index contributed by atoms with van der Waals surface area (Å²) in [7, 11) is 0. The van der Waals surface area contributed by atoms with Crippen LogP contribution < -0.4 is 21.1 Å². The lowest BCUT2D eigenvalue weighted by atomic mass is 9.33. The number of rotatable bonds is 1. The number of hydrogen-bond donors (Lipinski definition) is 1. The molecule has 0 bridgehead atoms. The second kappa shape index (κ2) is 7.76. The second-order valence-corrected chi connectivity index (χ2v) is 10.4. The van der Waals surface area contributed by atoms with Crippen molar-refractivity contribution in [1.29, 1.82) is 0 Å². The third-order valence-electron chi connectivity index (χ3n) is 8.50. The van der Waals surface area contributed by atoms with Gasteiger partial charge in [0.2, 0.25) is 6.71 Å². The molecule has 0 radical (unpaired) electrons. The van der Waals surface area contributed by atoms with Crippen molar-refractivity contribution >= 4 is 34.7 Å². The first-order valence-corrected chi connectivity index (χ1v) is 13.2. The fourth-order valence-corrected chi connectivity index (χ4v) is 7.02. The van der Waals surface area contributed by atoms with E-state index in [1.807, 2.05) is 0 Å². The molecule has 0 amide bonds. The fourth-order valence-electron chi connectivity index (χ4n) is 7.02. The van der Waals surface area contributed by atoms with E-state index in [0.29, 0.717) is 5.92 Å². The van der Waals surface area contributed by atoms with Crippen LogP contribution in [0.15, 0.2) is 120 Å². The van der Waals surface area contributed by atoms with Crippen LogP contribution in [0.5, 0.6) is 0 Å². The maximum Gasteiger partial charge on any atom is 0.245 e. The summed E-state index contributed by atoms with van der Waals surface area (Å²) in [5, 5.41) is 3.98. The molecule has 2 unspecified atom stereocenters. The molecule has 2 aliphatic heterocycles. The number of anilines is 2. The predicted octanol–water partition coefficient (Wildman–Crippen LogP) is 5.86. The standard InChI is InChI=1S/C33H27BN2/c1-2-12-23(13-3-1)36-31-20-10-19-30-32(31)34(28-21-22-11-4-5-14-24(22)33(28)36)27-17-8-6-15-25(27)26-16-7-9-18-29(26)35-30/h2,4-20,26,29,35H,1,3,21H2. The number of nitrogens with one attached hydrogen (secondary N) is 1. The Bertz CT molecular complexity index is 1570. The monoisotopic (exact) mass is 462 g/mol. The van der Waals surface area contributed by atoms with Crippen LogP contribution in [0.1, 0.15) is 35.4 Å². The van der Waals surface area contributed by atoms with Crippen molar-refractivity contribution in [2.75, 3.05) is 10.2 Å². The van der Waals surface area contributed by atoms with Crippen molar-refractivity contribution in [3.05, 3.63) is 137 Å². The van der Waals surface area contributed by atoms with E-state index in [0.717, 1.165) is 19.3 Å². The number of fused-ring (bicyclic) bond motifs is 7. The van der Waals surface area contributed by atoms with Crippen LogP contribution in [0.3, 0.4) is 0 Å². The molecule has 8 rings (SSSR count). The Hall–Kier alpha value is -3.98. The van der Waals surface area contributed by atoms with Gasteiger partial charge in [-0.25, -0.2) is 0 Å². The normalized spacial score (nSPS) is 22.5. The number of benzene rings is 3. The average molecular weight is 462 g/mol. The zero-order valence-electron chi connectivity index (χ0n) is 20.2. The summed E-state index contributed by atoms with van der Waals surface area (Å²) >= 11 is 0. The quantitative estimate of drug-likeness (QED) is 0.456. The third-order valence-corrected chi connectivity index (χ3v) is 8.50. The van der Waals surface area contributed by atoms with Gasteiger partial charge in [0, 0.05) is 34.3 Å². The molecule has 2 atom stereocenters. The molecule has 36 heavy (non-hydrogen) atoms. The number of allylic oxidation sites excluding steroid dienone is 6. The molecule has 3 aromatic rings. The number of nitrogens with zero attached hydrogens (tertiary/aromatic N) is 1. The third kappa shape index (κ3) is 2.80. The molecule has 3 aromatic carbocycles. The molecule has 0 saturated heterocycles. The van der Waals surface area contributed by atoms with Crippen molar-refractivity contribution in [1.82, 2.24) is 0 Å². The molecule has 172 valence electrons. The zero-order valence-corrected chi connectivity index (χ0v) is 20.2. The van der Waals surface area contributed by atoms with E-state index in [1.165, 1.54) is 55.9 Å². The SMILES string of the molecule is C1=CC2Nc3cccc4c3B(C3=C(c5ccccc5C3)N4C3=CCCC=C3)c3ccccc3C2C=C1. The van der Waals surface area contributed by atoms with E-state index in [2.05, 4.69) is 119 Å². The minimum Gasteiger partial charge on any atom is -0.378 e. The first kappa shape index (κ1) is 20.2. The van der Waals surface area contributed by atoms with Gasteiger partial charge in [-0.2, -0.15) is 0 Å². The zero-order chi connectivity index (χ0) is 23.6. The van der Waals surface area contributed by atoms with Gasteiger partial charge >= 0.3 is 0 Å². The molecule has 3 heteroatoms. The van der Waals surface area contributed by atoms with Gasteiger partial charge < -0.3 is 10.2 Å². The lowest BCUT2D eigenvalue weighted by Gasteiger charge is -2.42. The Morgan fingerprint density at radius 1 is 0.861 bits per heavy atom. The summed E-state index contributed by atoms with van der Waals surface area (Å²) in [6.45, 7) is 0.229. The maximum absolute atomic E-state index is 3.98. The summed E-state index contributed by atoms with van der Waals surface area (Å²) in [5.74, 6) is 0.317. The molecular formula is C33H27BN2. The van der Waals surface area contributed by atoms with E-state index < -0.39 is 0 Å². The molecule has 1 N–H and O–H groups in total. The lowest BCUT2D eigenvalue weighted by Crippen LogP contribution is -2.55. The van der Waals surface area contributed by atoms with Gasteiger partial charge in [-0.15, -0.1) is 0 Å². The van der Waals surface area contributed by atoms with Gasteiger partial charge in [-0.05, 0) is 54.1 Å². The van der Waals surface area contributed by atoms with Gasteiger partial charge in [0.15, 0.2) is 0 Å². The molecule has 3 aliphatic carbocycles. The first-order chi connectivity index (χ1) is 17.9. The predicted molar refractivity (Wildman–Crippen MR) is 152 cm³/mol. The summed E-state index contributed by atoms with van der Waals surface area (Å²) in [4.78, 5) is 2.56. The molecular weight excluding hydrogens is 435 g/mol. The van der Waals surface area contributed by atoms with E-state index in [1.54, 1.807) is 0 Å². The van der Waals surface area contributed by atoms with E-state index in [4.69, 9.17) is 0 Å². The molecule has 0 fully saturated rings. The van der Waals surface area contributed by atoms with Crippen molar-refractivity contribution in [2.45, 2.75) is 31.2 Å². The fraction of sp³-hybridized carbons (Fsp3) is 0.152. The van der Waals surface area contributed by atoms with Crippen molar-refractivity contribution in [3.63, 3.8) is 0 Å². The van der Waals surface area contributed by atoms with Crippen LogP contribution in [-0.4, -0.2) is 12.8 Å². The van der Waals surface area contributed by atoms with Gasteiger partial charge in [0.05, 0.1) is 6.04 Å². The Morgan fingerprint density at radius 3 is 2.69 bits per heavy atom. The highest BCUT2D eigenvalue weighted by Crippen LogP contribution is 2.46. The highest BCUT2D eigenvalue weighted by molar-refractivity contribution is 6.94. The summed E-state index contributed by atoms with van der Waals surface area (Å²) in [6.07, 6.45) is 19.4. The molecule has 2 nitrogen and oxygen atoms in total. The van der Waals surface area contributed by atoms with Gasteiger partial charge in [0.1, 0.15) is 0 Å². The van der Waals surface area contributed by atoms with Crippen LogP contribution >= 0.6 is 0 Å². The van der Waals surface area contributed by atoms with Crippen molar-refractivity contribution < 1.29 is 0 Å². The van der Waals surface area contributed by atoms with Gasteiger partial charge in [-0.3, -0.25) is 0 Å². The van der Waals surface area contributed by atoms with Crippen molar-refractivity contribution in [3.8, 4) is 0 Å².